The summed E-state index contributed by atoms with van der Waals surface area (Å²) >= 11 is 0. The third kappa shape index (κ3) is 2.64. The molecule has 0 unspecified atom stereocenters. The van der Waals surface area contributed by atoms with Crippen LogP contribution in [0.3, 0.4) is 0 Å². The second-order valence-corrected chi connectivity index (χ2v) is 2.87. The molecular formula is C10H15NO. The Labute approximate surface area is 73.0 Å². The van der Waals surface area contributed by atoms with Gasteiger partial charge in [-0.05, 0) is 30.5 Å². The van der Waals surface area contributed by atoms with E-state index < -0.39 is 0 Å². The molecule has 0 amide bonds. The Morgan fingerprint density at radius 2 is 2.00 bits per heavy atom. The van der Waals surface area contributed by atoms with Crippen LogP contribution in [0.5, 0.6) is 0 Å². The van der Waals surface area contributed by atoms with Crippen LogP contribution in [0.4, 0.5) is 0 Å². The Morgan fingerprint density at radius 1 is 1.25 bits per heavy atom. The number of benzene rings is 1. The molecule has 0 heterocycles. The second-order valence-electron chi connectivity index (χ2n) is 2.87. The van der Waals surface area contributed by atoms with Gasteiger partial charge in [0.1, 0.15) is 0 Å². The molecule has 0 aliphatic heterocycles. The molecule has 2 nitrogen and oxygen atoms in total. The quantitative estimate of drug-likeness (QED) is 0.701. The van der Waals surface area contributed by atoms with E-state index in [9.17, 15) is 0 Å². The van der Waals surface area contributed by atoms with Gasteiger partial charge in [0.15, 0.2) is 0 Å². The third-order valence-electron chi connectivity index (χ3n) is 1.84. The Balaban J connectivity index is 2.60. The first-order valence-corrected chi connectivity index (χ1v) is 4.25. The molecule has 1 aromatic carbocycles. The fraction of sp³-hybridized carbons (Fsp3) is 0.400. The molecule has 0 spiro atoms. The van der Waals surface area contributed by atoms with Crippen molar-refractivity contribution >= 4 is 0 Å². The number of hydrogen-bond acceptors (Lipinski definition) is 2. The molecule has 0 bridgehead atoms. The molecule has 0 saturated carbocycles. The van der Waals surface area contributed by atoms with Gasteiger partial charge in [-0.15, -0.1) is 0 Å². The molecule has 0 radical (unpaired) electrons. The monoisotopic (exact) mass is 165 g/mol. The zero-order valence-corrected chi connectivity index (χ0v) is 7.16. The minimum Gasteiger partial charge on any atom is -0.392 e. The Morgan fingerprint density at radius 3 is 2.67 bits per heavy atom. The van der Waals surface area contributed by atoms with Crippen molar-refractivity contribution in [2.24, 2.45) is 5.73 Å². The van der Waals surface area contributed by atoms with Crippen molar-refractivity contribution in [3.8, 4) is 0 Å². The molecule has 0 aromatic heterocycles. The fourth-order valence-corrected chi connectivity index (χ4v) is 1.19. The topological polar surface area (TPSA) is 46.2 Å². The Bertz CT molecular complexity index is 235. The SMILES string of the molecule is NCCCc1cccc(CO)c1. The lowest BCUT2D eigenvalue weighted by Gasteiger charge is -2.01. The van der Waals surface area contributed by atoms with E-state index in [1.807, 2.05) is 18.2 Å². The summed E-state index contributed by atoms with van der Waals surface area (Å²) in [6.45, 7) is 0.847. The van der Waals surface area contributed by atoms with Crippen LogP contribution < -0.4 is 5.73 Å². The normalized spacial score (nSPS) is 10.2. The molecule has 0 atom stereocenters. The van der Waals surface area contributed by atoms with Gasteiger partial charge >= 0.3 is 0 Å². The molecule has 0 aliphatic carbocycles. The van der Waals surface area contributed by atoms with Gasteiger partial charge in [-0.25, -0.2) is 0 Å². The molecule has 1 aromatic rings. The first-order chi connectivity index (χ1) is 5.86. The summed E-state index contributed by atoms with van der Waals surface area (Å²) in [5.74, 6) is 0. The summed E-state index contributed by atoms with van der Waals surface area (Å²) < 4.78 is 0. The maximum atomic E-state index is 8.86. The molecule has 0 aliphatic rings. The lowest BCUT2D eigenvalue weighted by Crippen LogP contribution is -2.00. The van der Waals surface area contributed by atoms with Gasteiger partial charge in [-0.1, -0.05) is 24.3 Å². The third-order valence-corrected chi connectivity index (χ3v) is 1.84. The fourth-order valence-electron chi connectivity index (χ4n) is 1.19. The van der Waals surface area contributed by atoms with E-state index in [4.69, 9.17) is 10.8 Å². The van der Waals surface area contributed by atoms with Crippen LogP contribution >= 0.6 is 0 Å². The van der Waals surface area contributed by atoms with Crippen molar-refractivity contribution < 1.29 is 5.11 Å². The van der Waals surface area contributed by atoms with Gasteiger partial charge in [-0.3, -0.25) is 0 Å². The van der Waals surface area contributed by atoms with Gasteiger partial charge in [0, 0.05) is 0 Å². The van der Waals surface area contributed by atoms with Gasteiger partial charge in [0.05, 0.1) is 6.61 Å². The number of hydrogen-bond donors (Lipinski definition) is 2. The van der Waals surface area contributed by atoms with Gasteiger partial charge in [0.2, 0.25) is 0 Å². The molecule has 0 fully saturated rings. The lowest BCUT2D eigenvalue weighted by atomic mass is 10.1. The van der Waals surface area contributed by atoms with E-state index in [0.29, 0.717) is 0 Å². The summed E-state index contributed by atoms with van der Waals surface area (Å²) in [6.07, 6.45) is 2.01. The zero-order valence-electron chi connectivity index (χ0n) is 7.16. The largest absolute Gasteiger partial charge is 0.392 e. The molecule has 66 valence electrons. The Kier molecular flexibility index (Phi) is 3.77. The predicted molar refractivity (Wildman–Crippen MR) is 49.7 cm³/mol. The van der Waals surface area contributed by atoms with Gasteiger partial charge in [0.25, 0.3) is 0 Å². The van der Waals surface area contributed by atoms with E-state index in [2.05, 4.69) is 6.07 Å². The standard InChI is InChI=1S/C10H15NO/c11-6-2-5-9-3-1-4-10(7-9)8-12/h1,3-4,7,12H,2,5-6,8,11H2. The first-order valence-electron chi connectivity index (χ1n) is 4.25. The van der Waals surface area contributed by atoms with Crippen molar-refractivity contribution in [2.45, 2.75) is 19.4 Å². The van der Waals surface area contributed by atoms with Crippen molar-refractivity contribution in [3.05, 3.63) is 35.4 Å². The van der Waals surface area contributed by atoms with Crippen LogP contribution in [-0.2, 0) is 13.0 Å². The molecule has 1 rings (SSSR count). The van der Waals surface area contributed by atoms with E-state index in [-0.39, 0.29) is 6.61 Å². The Hall–Kier alpha value is -0.860. The molecule has 2 heteroatoms. The summed E-state index contributed by atoms with van der Waals surface area (Å²) in [7, 11) is 0. The molecule has 12 heavy (non-hydrogen) atoms. The zero-order chi connectivity index (χ0) is 8.81. The maximum absolute atomic E-state index is 8.86. The van der Waals surface area contributed by atoms with Crippen LogP contribution in [0, 0.1) is 0 Å². The van der Waals surface area contributed by atoms with Crippen molar-refractivity contribution in [2.75, 3.05) is 6.54 Å². The number of aliphatic hydroxyl groups excluding tert-OH is 1. The number of aliphatic hydroxyl groups is 1. The van der Waals surface area contributed by atoms with Gasteiger partial charge < -0.3 is 10.8 Å². The minimum atomic E-state index is 0.121. The maximum Gasteiger partial charge on any atom is 0.0681 e. The van der Waals surface area contributed by atoms with Crippen molar-refractivity contribution in [1.29, 1.82) is 0 Å². The second kappa shape index (κ2) is 4.91. The van der Waals surface area contributed by atoms with Gasteiger partial charge in [-0.2, -0.15) is 0 Å². The van der Waals surface area contributed by atoms with Crippen LogP contribution in [0.1, 0.15) is 17.5 Å². The van der Waals surface area contributed by atoms with E-state index >= 15 is 0 Å². The number of nitrogens with two attached hydrogens (primary N) is 1. The number of rotatable bonds is 4. The summed E-state index contributed by atoms with van der Waals surface area (Å²) in [6, 6.07) is 7.98. The average molecular weight is 165 g/mol. The summed E-state index contributed by atoms with van der Waals surface area (Å²) in [4.78, 5) is 0. The smallest absolute Gasteiger partial charge is 0.0681 e. The van der Waals surface area contributed by atoms with Crippen LogP contribution in [-0.4, -0.2) is 11.7 Å². The van der Waals surface area contributed by atoms with E-state index in [1.54, 1.807) is 0 Å². The average Bonchev–Trinajstić information content (AvgIpc) is 2.15. The predicted octanol–water partition coefficient (Wildman–Crippen LogP) is 1.07. The highest BCUT2D eigenvalue weighted by Crippen LogP contribution is 2.06. The van der Waals surface area contributed by atoms with Crippen molar-refractivity contribution in [1.82, 2.24) is 0 Å². The summed E-state index contributed by atoms with van der Waals surface area (Å²) in [5, 5.41) is 8.86. The van der Waals surface area contributed by atoms with E-state index in [1.165, 1.54) is 5.56 Å². The van der Waals surface area contributed by atoms with Crippen LogP contribution in [0.25, 0.3) is 0 Å². The number of aryl methyl sites for hydroxylation is 1. The van der Waals surface area contributed by atoms with E-state index in [0.717, 1.165) is 24.9 Å². The highest BCUT2D eigenvalue weighted by molar-refractivity contribution is 5.22. The van der Waals surface area contributed by atoms with Crippen LogP contribution in [0.15, 0.2) is 24.3 Å². The molecule has 0 saturated heterocycles. The lowest BCUT2D eigenvalue weighted by molar-refractivity contribution is 0.281. The molecular weight excluding hydrogens is 150 g/mol. The first kappa shape index (κ1) is 9.23. The minimum absolute atomic E-state index is 0.121. The summed E-state index contributed by atoms with van der Waals surface area (Å²) in [5.41, 5.74) is 7.63. The highest BCUT2D eigenvalue weighted by atomic mass is 16.3. The van der Waals surface area contributed by atoms with Crippen LogP contribution in [0.2, 0.25) is 0 Å². The van der Waals surface area contributed by atoms with Crippen molar-refractivity contribution in [3.63, 3.8) is 0 Å². The highest BCUT2D eigenvalue weighted by Gasteiger charge is 1.93. The molecule has 3 N–H and O–H groups in total.